The lowest BCUT2D eigenvalue weighted by molar-refractivity contribution is -0.387. The number of nitrogens with zero attached hydrogens (tertiary/aromatic N) is 1. The molecule has 0 unspecified atom stereocenters. The number of hydrogen-bond donors (Lipinski definition) is 1. The van der Waals surface area contributed by atoms with E-state index >= 15 is 0 Å². The number of hydrogen-bond acceptors (Lipinski definition) is 3. The van der Waals surface area contributed by atoms with Crippen LogP contribution in [0.1, 0.15) is 23.7 Å². The molecule has 5 nitrogen and oxygen atoms in total. The summed E-state index contributed by atoms with van der Waals surface area (Å²) in [5, 5.41) is 12.8. The van der Waals surface area contributed by atoms with Gasteiger partial charge in [-0.2, -0.15) is 4.39 Å². The summed E-state index contributed by atoms with van der Waals surface area (Å²) in [6.45, 7) is 1.76. The van der Waals surface area contributed by atoms with Crippen LogP contribution in [0.3, 0.4) is 0 Å². The molecule has 0 saturated heterocycles. The summed E-state index contributed by atoms with van der Waals surface area (Å²) in [6, 6.07) is 1.04. The van der Waals surface area contributed by atoms with Gasteiger partial charge in [-0.1, -0.05) is 0 Å². The van der Waals surface area contributed by atoms with Crippen LogP contribution in [0.15, 0.2) is 12.1 Å². The molecule has 0 spiro atoms. The zero-order valence-electron chi connectivity index (χ0n) is 10.00. The number of nitrogens with one attached hydrogen (secondary N) is 1. The molecular formula is C12H10F2N2O3. The summed E-state index contributed by atoms with van der Waals surface area (Å²) in [7, 11) is 0. The second-order valence-corrected chi connectivity index (χ2v) is 3.48. The molecule has 0 aliphatic rings. The van der Waals surface area contributed by atoms with Gasteiger partial charge in [-0.25, -0.2) is 4.39 Å². The van der Waals surface area contributed by atoms with Crippen LogP contribution in [0.5, 0.6) is 0 Å². The van der Waals surface area contributed by atoms with E-state index in [2.05, 4.69) is 17.2 Å². The first-order valence-electron chi connectivity index (χ1n) is 5.28. The maximum absolute atomic E-state index is 13.6. The van der Waals surface area contributed by atoms with Crippen LogP contribution in [0.25, 0.3) is 0 Å². The molecule has 0 aliphatic carbocycles. The standard InChI is InChI=1S/C12H10F2N2O3/c1-2-3-4-5-15-12(17)9-6-8(13)7-10(11(9)14)16(18)19/h6-7H,4-5H2,1H3,(H,15,17). The van der Waals surface area contributed by atoms with E-state index < -0.39 is 33.7 Å². The molecule has 7 heteroatoms. The van der Waals surface area contributed by atoms with Gasteiger partial charge in [0.2, 0.25) is 5.82 Å². The summed E-state index contributed by atoms with van der Waals surface area (Å²) < 4.78 is 26.7. The van der Waals surface area contributed by atoms with Gasteiger partial charge in [0, 0.05) is 13.0 Å². The van der Waals surface area contributed by atoms with Crippen molar-refractivity contribution in [1.82, 2.24) is 5.32 Å². The third-order valence-electron chi connectivity index (χ3n) is 2.17. The quantitative estimate of drug-likeness (QED) is 0.393. The predicted molar refractivity (Wildman–Crippen MR) is 63.4 cm³/mol. The maximum Gasteiger partial charge on any atom is 0.308 e. The molecule has 1 aromatic rings. The van der Waals surface area contributed by atoms with E-state index in [-0.39, 0.29) is 6.54 Å². The van der Waals surface area contributed by atoms with E-state index in [0.29, 0.717) is 18.6 Å². The fourth-order valence-electron chi connectivity index (χ4n) is 1.33. The number of halogens is 2. The maximum atomic E-state index is 13.6. The molecule has 0 radical (unpaired) electrons. The number of benzene rings is 1. The fourth-order valence-corrected chi connectivity index (χ4v) is 1.33. The van der Waals surface area contributed by atoms with E-state index in [1.165, 1.54) is 0 Å². The first-order chi connectivity index (χ1) is 8.97. The molecular weight excluding hydrogens is 258 g/mol. The SMILES string of the molecule is CC#CCCNC(=O)c1cc(F)cc([N+](=O)[O-])c1F. The van der Waals surface area contributed by atoms with Crippen molar-refractivity contribution >= 4 is 11.6 Å². The van der Waals surface area contributed by atoms with Gasteiger partial charge < -0.3 is 5.32 Å². The summed E-state index contributed by atoms with van der Waals surface area (Å²) in [4.78, 5) is 21.0. The highest BCUT2D eigenvalue weighted by Crippen LogP contribution is 2.22. The highest BCUT2D eigenvalue weighted by molar-refractivity contribution is 5.95. The molecule has 0 bridgehead atoms. The molecule has 0 aromatic heterocycles. The Labute approximate surface area is 107 Å². The third kappa shape index (κ3) is 3.74. The second kappa shape index (κ2) is 6.44. The van der Waals surface area contributed by atoms with Crippen LogP contribution in [0, 0.1) is 33.6 Å². The van der Waals surface area contributed by atoms with E-state index in [4.69, 9.17) is 0 Å². The molecule has 1 amide bonds. The van der Waals surface area contributed by atoms with E-state index in [0.717, 1.165) is 0 Å². The van der Waals surface area contributed by atoms with E-state index in [9.17, 15) is 23.7 Å². The number of carbonyl (C=O) groups is 1. The number of amides is 1. The van der Waals surface area contributed by atoms with Crippen LogP contribution < -0.4 is 5.32 Å². The van der Waals surface area contributed by atoms with Crippen molar-refractivity contribution in [2.45, 2.75) is 13.3 Å². The lowest BCUT2D eigenvalue weighted by atomic mass is 10.1. The molecule has 0 atom stereocenters. The summed E-state index contributed by atoms with van der Waals surface area (Å²) >= 11 is 0. The van der Waals surface area contributed by atoms with Gasteiger partial charge in [0.1, 0.15) is 5.82 Å². The molecule has 1 N–H and O–H groups in total. The number of nitro benzene ring substituents is 1. The lowest BCUT2D eigenvalue weighted by Gasteiger charge is -2.05. The summed E-state index contributed by atoms with van der Waals surface area (Å²) in [5.74, 6) is 1.95. The van der Waals surface area contributed by atoms with E-state index in [1.807, 2.05) is 0 Å². The Morgan fingerprint density at radius 1 is 1.47 bits per heavy atom. The van der Waals surface area contributed by atoms with Crippen LogP contribution in [-0.4, -0.2) is 17.4 Å². The highest BCUT2D eigenvalue weighted by Gasteiger charge is 2.23. The minimum absolute atomic E-state index is 0.142. The zero-order valence-corrected chi connectivity index (χ0v) is 10.00. The van der Waals surface area contributed by atoms with Crippen LogP contribution in [0.4, 0.5) is 14.5 Å². The van der Waals surface area contributed by atoms with Crippen molar-refractivity contribution in [3.05, 3.63) is 39.4 Å². The Hall–Kier alpha value is -2.49. The van der Waals surface area contributed by atoms with Crippen LogP contribution in [0.2, 0.25) is 0 Å². The van der Waals surface area contributed by atoms with Crippen molar-refractivity contribution in [2.24, 2.45) is 0 Å². The average molecular weight is 268 g/mol. The largest absolute Gasteiger partial charge is 0.351 e. The van der Waals surface area contributed by atoms with Gasteiger partial charge >= 0.3 is 5.69 Å². The second-order valence-electron chi connectivity index (χ2n) is 3.48. The van der Waals surface area contributed by atoms with Crippen molar-refractivity contribution in [3.8, 4) is 11.8 Å². The monoisotopic (exact) mass is 268 g/mol. The Morgan fingerprint density at radius 3 is 2.74 bits per heavy atom. The molecule has 0 saturated carbocycles. The Morgan fingerprint density at radius 2 is 2.16 bits per heavy atom. The molecule has 0 fully saturated rings. The molecule has 0 aliphatic heterocycles. The van der Waals surface area contributed by atoms with Crippen LogP contribution >= 0.6 is 0 Å². The number of nitro groups is 1. The molecule has 19 heavy (non-hydrogen) atoms. The van der Waals surface area contributed by atoms with Crippen molar-refractivity contribution in [2.75, 3.05) is 6.54 Å². The fraction of sp³-hybridized carbons (Fsp3) is 0.250. The Bertz CT molecular complexity index is 576. The number of carbonyl (C=O) groups excluding carboxylic acids is 1. The van der Waals surface area contributed by atoms with Gasteiger partial charge in [-0.05, 0) is 13.0 Å². The highest BCUT2D eigenvalue weighted by atomic mass is 19.1. The predicted octanol–water partition coefficient (Wildman–Crippen LogP) is 2.02. The zero-order chi connectivity index (χ0) is 14.4. The van der Waals surface area contributed by atoms with E-state index in [1.54, 1.807) is 6.92 Å². The van der Waals surface area contributed by atoms with Gasteiger partial charge in [-0.3, -0.25) is 14.9 Å². The first kappa shape index (κ1) is 14.6. The van der Waals surface area contributed by atoms with Crippen molar-refractivity contribution in [3.63, 3.8) is 0 Å². The van der Waals surface area contributed by atoms with Gasteiger partial charge in [0.05, 0.1) is 16.6 Å². The minimum atomic E-state index is -1.36. The molecule has 1 aromatic carbocycles. The summed E-state index contributed by atoms with van der Waals surface area (Å²) in [6.07, 6.45) is 0.348. The molecule has 1 rings (SSSR count). The third-order valence-corrected chi connectivity index (χ3v) is 2.17. The first-order valence-corrected chi connectivity index (χ1v) is 5.28. The van der Waals surface area contributed by atoms with Gasteiger partial charge in [-0.15, -0.1) is 11.8 Å². The topological polar surface area (TPSA) is 72.2 Å². The minimum Gasteiger partial charge on any atom is -0.351 e. The van der Waals surface area contributed by atoms with Crippen molar-refractivity contribution < 1.29 is 18.5 Å². The molecule has 100 valence electrons. The summed E-state index contributed by atoms with van der Waals surface area (Å²) in [5.41, 5.74) is -1.77. The Kier molecular flexibility index (Phi) is 4.94. The molecule has 0 heterocycles. The van der Waals surface area contributed by atoms with Crippen molar-refractivity contribution in [1.29, 1.82) is 0 Å². The Balaban J connectivity index is 2.95. The normalized spacial score (nSPS) is 9.42. The lowest BCUT2D eigenvalue weighted by Crippen LogP contribution is -2.25. The smallest absolute Gasteiger partial charge is 0.308 e. The van der Waals surface area contributed by atoms with Crippen LogP contribution in [-0.2, 0) is 0 Å². The average Bonchev–Trinajstić information content (AvgIpc) is 2.36. The van der Waals surface area contributed by atoms with Gasteiger partial charge in [0.15, 0.2) is 0 Å². The number of rotatable bonds is 4. The van der Waals surface area contributed by atoms with Gasteiger partial charge in [0.25, 0.3) is 5.91 Å².